The number of hydrogen-bond acceptors (Lipinski definition) is 3. The zero-order chi connectivity index (χ0) is 14.1. The topological polar surface area (TPSA) is 64.3 Å². The lowest BCUT2D eigenvalue weighted by atomic mass is 10.1. The molecule has 20 heavy (non-hydrogen) atoms. The molecule has 3 rings (SSSR count). The highest BCUT2D eigenvalue weighted by atomic mass is 19.1. The number of nitrogens with one attached hydrogen (secondary N) is 1. The zero-order valence-electron chi connectivity index (χ0n) is 10.7. The van der Waals surface area contributed by atoms with Gasteiger partial charge in [0.25, 0.3) is 5.91 Å². The van der Waals surface area contributed by atoms with Crippen LogP contribution in [-0.2, 0) is 18.0 Å². The molecular weight excluding hydrogens is 259 g/mol. The van der Waals surface area contributed by atoms with Crippen molar-refractivity contribution in [1.29, 1.82) is 0 Å². The molecule has 102 valence electrons. The Balaban J connectivity index is 1.82. The van der Waals surface area contributed by atoms with Gasteiger partial charge in [0.1, 0.15) is 5.82 Å². The van der Waals surface area contributed by atoms with Crippen LogP contribution in [-0.4, -0.2) is 5.91 Å². The van der Waals surface area contributed by atoms with E-state index in [0.29, 0.717) is 24.5 Å². The quantitative estimate of drug-likeness (QED) is 0.826. The molecule has 4 nitrogen and oxygen atoms in total. The highest BCUT2D eigenvalue weighted by molar-refractivity contribution is 6.04. The molecule has 0 aliphatic carbocycles. The van der Waals surface area contributed by atoms with Crippen LogP contribution in [0.2, 0.25) is 0 Å². The summed E-state index contributed by atoms with van der Waals surface area (Å²) in [5.74, 6) is -0.785. The van der Waals surface area contributed by atoms with Gasteiger partial charge in [-0.05, 0) is 41.5 Å². The Kier molecular flexibility index (Phi) is 3.12. The number of benzene rings is 2. The van der Waals surface area contributed by atoms with Crippen LogP contribution in [0.25, 0.3) is 0 Å². The molecule has 1 heterocycles. The maximum Gasteiger partial charge on any atom is 0.255 e. The first-order valence-electron chi connectivity index (χ1n) is 6.19. The standard InChI is InChI=1S/C15H13FN2O2/c16-12-4-13(17)6-14(5-12)18-15(19)9-1-2-10-7-20-8-11(10)3-9/h1-6H,7-8,17H2,(H,18,19). The summed E-state index contributed by atoms with van der Waals surface area (Å²) in [5, 5.41) is 2.63. The molecule has 5 heteroatoms. The van der Waals surface area contributed by atoms with Crippen LogP contribution in [0.15, 0.2) is 36.4 Å². The minimum absolute atomic E-state index is 0.266. The molecule has 0 saturated carbocycles. The van der Waals surface area contributed by atoms with Gasteiger partial charge < -0.3 is 15.8 Å². The first-order valence-corrected chi connectivity index (χ1v) is 6.19. The number of carbonyl (C=O) groups is 1. The molecule has 0 unspecified atom stereocenters. The summed E-state index contributed by atoms with van der Waals surface area (Å²) in [5.41, 5.74) is 8.76. The van der Waals surface area contributed by atoms with Crippen LogP contribution in [0.4, 0.5) is 15.8 Å². The van der Waals surface area contributed by atoms with Gasteiger partial charge in [0.05, 0.1) is 13.2 Å². The Labute approximate surface area is 115 Å². The van der Waals surface area contributed by atoms with Gasteiger partial charge >= 0.3 is 0 Å². The van der Waals surface area contributed by atoms with Gasteiger partial charge in [0.15, 0.2) is 0 Å². The summed E-state index contributed by atoms with van der Waals surface area (Å²) < 4.78 is 18.5. The number of fused-ring (bicyclic) bond motifs is 1. The number of amides is 1. The van der Waals surface area contributed by atoms with E-state index in [4.69, 9.17) is 10.5 Å². The second-order valence-corrected chi connectivity index (χ2v) is 4.70. The average molecular weight is 272 g/mol. The van der Waals surface area contributed by atoms with Crippen molar-refractivity contribution in [2.75, 3.05) is 11.1 Å². The summed E-state index contributed by atoms with van der Waals surface area (Å²) >= 11 is 0. The molecule has 2 aromatic rings. The van der Waals surface area contributed by atoms with Crippen molar-refractivity contribution in [3.63, 3.8) is 0 Å². The van der Waals surface area contributed by atoms with Gasteiger partial charge in [-0.1, -0.05) is 6.07 Å². The van der Waals surface area contributed by atoms with Gasteiger partial charge in [0, 0.05) is 16.9 Å². The predicted molar refractivity (Wildman–Crippen MR) is 73.7 cm³/mol. The molecule has 0 aromatic heterocycles. The molecule has 0 saturated heterocycles. The number of rotatable bonds is 2. The second-order valence-electron chi connectivity index (χ2n) is 4.70. The Hall–Kier alpha value is -2.40. The minimum Gasteiger partial charge on any atom is -0.399 e. The fraction of sp³-hybridized carbons (Fsp3) is 0.133. The largest absolute Gasteiger partial charge is 0.399 e. The van der Waals surface area contributed by atoms with E-state index < -0.39 is 5.82 Å². The summed E-state index contributed by atoms with van der Waals surface area (Å²) in [4.78, 5) is 12.1. The highest BCUT2D eigenvalue weighted by Crippen LogP contribution is 2.22. The molecule has 1 aliphatic rings. The monoisotopic (exact) mass is 272 g/mol. The van der Waals surface area contributed by atoms with Crippen molar-refractivity contribution in [3.8, 4) is 0 Å². The SMILES string of the molecule is Nc1cc(F)cc(NC(=O)c2ccc3c(c2)COC3)c1. The highest BCUT2D eigenvalue weighted by Gasteiger charge is 2.14. The van der Waals surface area contributed by atoms with Crippen LogP contribution < -0.4 is 11.1 Å². The number of nitrogen functional groups attached to an aromatic ring is 1. The fourth-order valence-electron chi connectivity index (χ4n) is 2.20. The van der Waals surface area contributed by atoms with E-state index in [0.717, 1.165) is 11.1 Å². The van der Waals surface area contributed by atoms with Crippen LogP contribution in [0.1, 0.15) is 21.5 Å². The van der Waals surface area contributed by atoms with E-state index in [1.165, 1.54) is 18.2 Å². The van der Waals surface area contributed by atoms with Crippen LogP contribution in [0, 0.1) is 5.82 Å². The molecule has 3 N–H and O–H groups in total. The molecule has 1 aliphatic heterocycles. The van der Waals surface area contributed by atoms with Crippen molar-refractivity contribution in [2.45, 2.75) is 13.2 Å². The summed E-state index contributed by atoms with van der Waals surface area (Å²) in [6, 6.07) is 9.33. The first-order chi connectivity index (χ1) is 9.61. The average Bonchev–Trinajstić information content (AvgIpc) is 2.84. The predicted octanol–water partition coefficient (Wildman–Crippen LogP) is 2.69. The van der Waals surface area contributed by atoms with Gasteiger partial charge in [-0.15, -0.1) is 0 Å². The van der Waals surface area contributed by atoms with Gasteiger partial charge in [-0.3, -0.25) is 4.79 Å². The number of hydrogen-bond donors (Lipinski definition) is 2. The molecule has 0 spiro atoms. The molecule has 0 radical (unpaired) electrons. The molecular formula is C15H13FN2O2. The van der Waals surface area contributed by atoms with Gasteiger partial charge in [0.2, 0.25) is 0 Å². The maximum absolute atomic E-state index is 13.2. The van der Waals surface area contributed by atoms with Crippen molar-refractivity contribution < 1.29 is 13.9 Å². The first kappa shape index (κ1) is 12.6. The normalized spacial score (nSPS) is 13.1. The van der Waals surface area contributed by atoms with E-state index >= 15 is 0 Å². The zero-order valence-corrected chi connectivity index (χ0v) is 10.7. The fourth-order valence-corrected chi connectivity index (χ4v) is 2.20. The lowest BCUT2D eigenvalue weighted by Crippen LogP contribution is -2.12. The summed E-state index contributed by atoms with van der Waals surface area (Å²) in [6.07, 6.45) is 0. The number of nitrogens with two attached hydrogens (primary N) is 1. The van der Waals surface area contributed by atoms with Crippen LogP contribution in [0.5, 0.6) is 0 Å². The third-order valence-electron chi connectivity index (χ3n) is 3.16. The van der Waals surface area contributed by atoms with Crippen molar-refractivity contribution >= 4 is 17.3 Å². The third-order valence-corrected chi connectivity index (χ3v) is 3.16. The second kappa shape index (κ2) is 4.94. The number of ether oxygens (including phenoxy) is 1. The van der Waals surface area contributed by atoms with E-state index in [9.17, 15) is 9.18 Å². The molecule has 1 amide bonds. The van der Waals surface area contributed by atoms with Gasteiger partial charge in [-0.25, -0.2) is 4.39 Å². The Morgan fingerprint density at radius 3 is 2.75 bits per heavy atom. The molecule has 0 fully saturated rings. The van der Waals surface area contributed by atoms with Crippen molar-refractivity contribution in [1.82, 2.24) is 0 Å². The third kappa shape index (κ3) is 2.48. The Bertz CT molecular complexity index is 665. The van der Waals surface area contributed by atoms with E-state index in [1.54, 1.807) is 12.1 Å². The van der Waals surface area contributed by atoms with E-state index in [2.05, 4.69) is 5.32 Å². The minimum atomic E-state index is -0.484. The summed E-state index contributed by atoms with van der Waals surface area (Å²) in [6.45, 7) is 1.10. The van der Waals surface area contributed by atoms with E-state index in [1.807, 2.05) is 6.07 Å². The lowest BCUT2D eigenvalue weighted by Gasteiger charge is -2.07. The number of anilines is 2. The van der Waals surface area contributed by atoms with Crippen LogP contribution in [0.3, 0.4) is 0 Å². The number of carbonyl (C=O) groups excluding carboxylic acids is 1. The molecule has 2 aromatic carbocycles. The van der Waals surface area contributed by atoms with E-state index in [-0.39, 0.29) is 11.6 Å². The van der Waals surface area contributed by atoms with Crippen molar-refractivity contribution in [3.05, 3.63) is 58.9 Å². The van der Waals surface area contributed by atoms with Crippen molar-refractivity contribution in [2.24, 2.45) is 0 Å². The molecule has 0 bridgehead atoms. The summed E-state index contributed by atoms with van der Waals surface area (Å²) in [7, 11) is 0. The Morgan fingerprint density at radius 2 is 1.95 bits per heavy atom. The Morgan fingerprint density at radius 1 is 1.15 bits per heavy atom. The maximum atomic E-state index is 13.2. The van der Waals surface area contributed by atoms with Gasteiger partial charge in [-0.2, -0.15) is 0 Å². The number of halogens is 1. The lowest BCUT2D eigenvalue weighted by molar-refractivity contribution is 0.102. The molecule has 0 atom stereocenters. The smallest absolute Gasteiger partial charge is 0.255 e. The van der Waals surface area contributed by atoms with Crippen LogP contribution >= 0.6 is 0 Å².